The van der Waals surface area contributed by atoms with Gasteiger partial charge in [0.05, 0.1) is 13.6 Å². The highest BCUT2D eigenvalue weighted by atomic mass is 15.1. The molecule has 0 aliphatic rings. The van der Waals surface area contributed by atoms with Gasteiger partial charge < -0.3 is 0 Å². The third-order valence-electron chi connectivity index (χ3n) is 5.55. The van der Waals surface area contributed by atoms with E-state index in [0.717, 1.165) is 6.54 Å². The Labute approximate surface area is 158 Å². The van der Waals surface area contributed by atoms with Gasteiger partial charge in [0.25, 0.3) is 5.82 Å². The molecule has 0 aliphatic heterocycles. The Kier molecular flexibility index (Phi) is 13.8. The molecule has 1 heterocycles. The quantitative estimate of drug-likeness (QED) is 0.217. The van der Waals surface area contributed by atoms with Crippen LogP contribution in [0.1, 0.15) is 116 Å². The SMILES string of the molecule is CCCCCCCCCCCCCCCCCc1n(CC)cc[n+]1C. The lowest BCUT2D eigenvalue weighted by Gasteiger charge is -2.04. The van der Waals surface area contributed by atoms with Crippen LogP contribution >= 0.6 is 0 Å². The number of imidazole rings is 1. The summed E-state index contributed by atoms with van der Waals surface area (Å²) < 4.78 is 4.66. The predicted octanol–water partition coefficient (Wildman–Crippen LogP) is 6.75. The van der Waals surface area contributed by atoms with Crippen molar-refractivity contribution in [2.75, 3.05) is 0 Å². The second-order valence-corrected chi connectivity index (χ2v) is 7.81. The molecule has 2 nitrogen and oxygen atoms in total. The fourth-order valence-electron chi connectivity index (χ4n) is 3.82. The van der Waals surface area contributed by atoms with Crippen LogP contribution in [0.3, 0.4) is 0 Å². The first kappa shape index (κ1) is 22.3. The highest BCUT2D eigenvalue weighted by Gasteiger charge is 2.11. The zero-order valence-electron chi connectivity index (χ0n) is 17.6. The fourth-order valence-corrected chi connectivity index (χ4v) is 3.82. The Bertz CT molecular complexity index is 408. The monoisotopic (exact) mass is 349 g/mol. The first-order chi connectivity index (χ1) is 12.3. The van der Waals surface area contributed by atoms with E-state index in [1.165, 1.54) is 109 Å². The van der Waals surface area contributed by atoms with Gasteiger partial charge in [0.2, 0.25) is 0 Å². The number of nitrogens with zero attached hydrogens (tertiary/aromatic N) is 2. The molecule has 1 aromatic heterocycles. The van der Waals surface area contributed by atoms with Crippen LogP contribution in [0.4, 0.5) is 0 Å². The number of unbranched alkanes of at least 4 members (excludes halogenated alkanes) is 14. The summed E-state index contributed by atoms with van der Waals surface area (Å²) >= 11 is 0. The van der Waals surface area contributed by atoms with Crippen molar-refractivity contribution >= 4 is 0 Å². The van der Waals surface area contributed by atoms with E-state index in [2.05, 4.69) is 42.4 Å². The van der Waals surface area contributed by atoms with Crippen molar-refractivity contribution < 1.29 is 4.57 Å². The van der Waals surface area contributed by atoms with Crippen LogP contribution in [0, 0.1) is 0 Å². The van der Waals surface area contributed by atoms with Crippen LogP contribution in [0.5, 0.6) is 0 Å². The van der Waals surface area contributed by atoms with Crippen LogP contribution in [0.25, 0.3) is 0 Å². The average molecular weight is 350 g/mol. The summed E-state index contributed by atoms with van der Waals surface area (Å²) in [5, 5.41) is 0. The van der Waals surface area contributed by atoms with E-state index in [-0.39, 0.29) is 0 Å². The van der Waals surface area contributed by atoms with Gasteiger partial charge in [-0.3, -0.25) is 0 Å². The number of aromatic nitrogens is 2. The third-order valence-corrected chi connectivity index (χ3v) is 5.55. The lowest BCUT2D eigenvalue weighted by atomic mass is 10.0. The van der Waals surface area contributed by atoms with Crippen LogP contribution in [0.2, 0.25) is 0 Å². The molecule has 0 fully saturated rings. The summed E-state index contributed by atoms with van der Waals surface area (Å²) in [6, 6.07) is 0. The molecule has 25 heavy (non-hydrogen) atoms. The summed E-state index contributed by atoms with van der Waals surface area (Å²) in [6.45, 7) is 5.62. The number of rotatable bonds is 17. The van der Waals surface area contributed by atoms with Crippen LogP contribution in [-0.2, 0) is 20.0 Å². The highest BCUT2D eigenvalue weighted by molar-refractivity contribution is 4.83. The Hall–Kier alpha value is -0.790. The predicted molar refractivity (Wildman–Crippen MR) is 110 cm³/mol. The van der Waals surface area contributed by atoms with Crippen molar-refractivity contribution in [2.24, 2.45) is 7.05 Å². The van der Waals surface area contributed by atoms with E-state index in [1.54, 1.807) is 0 Å². The van der Waals surface area contributed by atoms with Crippen molar-refractivity contribution in [3.05, 3.63) is 18.2 Å². The van der Waals surface area contributed by atoms with E-state index >= 15 is 0 Å². The van der Waals surface area contributed by atoms with Gasteiger partial charge in [-0.25, -0.2) is 9.13 Å². The molecule has 146 valence electrons. The molecule has 0 saturated heterocycles. The Balaban J connectivity index is 1.82. The van der Waals surface area contributed by atoms with Crippen molar-refractivity contribution in [1.29, 1.82) is 0 Å². The summed E-state index contributed by atoms with van der Waals surface area (Å²) in [6.07, 6.45) is 27.2. The molecule has 0 spiro atoms. The van der Waals surface area contributed by atoms with E-state index in [9.17, 15) is 0 Å². The molecule has 1 aromatic rings. The molecule has 1 rings (SSSR count). The summed E-state index contributed by atoms with van der Waals surface area (Å²) in [7, 11) is 2.17. The normalized spacial score (nSPS) is 11.3. The number of hydrogen-bond acceptors (Lipinski definition) is 0. The molecular weight excluding hydrogens is 304 g/mol. The van der Waals surface area contributed by atoms with Gasteiger partial charge in [0.15, 0.2) is 0 Å². The molecule has 0 aliphatic carbocycles. The van der Waals surface area contributed by atoms with Crippen molar-refractivity contribution in [1.82, 2.24) is 4.57 Å². The summed E-state index contributed by atoms with van der Waals surface area (Å²) in [5.74, 6) is 1.48. The minimum absolute atomic E-state index is 1.09. The number of hydrogen-bond donors (Lipinski definition) is 0. The van der Waals surface area contributed by atoms with E-state index < -0.39 is 0 Å². The zero-order chi connectivity index (χ0) is 18.2. The maximum Gasteiger partial charge on any atom is 0.256 e. The van der Waals surface area contributed by atoms with Crippen LogP contribution in [0.15, 0.2) is 12.4 Å². The Morgan fingerprint density at radius 3 is 1.56 bits per heavy atom. The summed E-state index contributed by atoms with van der Waals surface area (Å²) in [5.41, 5.74) is 0. The first-order valence-corrected chi connectivity index (χ1v) is 11.3. The molecule has 0 unspecified atom stereocenters. The van der Waals surface area contributed by atoms with E-state index in [1.807, 2.05) is 0 Å². The van der Waals surface area contributed by atoms with E-state index in [0.29, 0.717) is 0 Å². The minimum atomic E-state index is 1.09. The maximum atomic E-state index is 2.38. The highest BCUT2D eigenvalue weighted by Crippen LogP contribution is 2.13. The average Bonchev–Trinajstić information content (AvgIpc) is 2.98. The van der Waals surface area contributed by atoms with Crippen molar-refractivity contribution in [3.63, 3.8) is 0 Å². The zero-order valence-corrected chi connectivity index (χ0v) is 17.6. The largest absolute Gasteiger partial charge is 0.256 e. The van der Waals surface area contributed by atoms with Gasteiger partial charge in [-0.2, -0.15) is 0 Å². The molecule has 0 radical (unpaired) electrons. The van der Waals surface area contributed by atoms with Crippen molar-refractivity contribution in [2.45, 2.75) is 123 Å². The molecule has 0 saturated carbocycles. The molecular formula is C23H45N2+. The first-order valence-electron chi connectivity index (χ1n) is 11.3. The lowest BCUT2D eigenvalue weighted by Crippen LogP contribution is -2.32. The molecule has 0 bridgehead atoms. The lowest BCUT2D eigenvalue weighted by molar-refractivity contribution is -0.678. The topological polar surface area (TPSA) is 8.81 Å². The van der Waals surface area contributed by atoms with Gasteiger partial charge >= 0.3 is 0 Å². The summed E-state index contributed by atoms with van der Waals surface area (Å²) in [4.78, 5) is 0. The number of aryl methyl sites for hydroxylation is 2. The van der Waals surface area contributed by atoms with Gasteiger partial charge in [0, 0.05) is 6.42 Å². The Morgan fingerprint density at radius 2 is 1.12 bits per heavy atom. The minimum Gasteiger partial charge on any atom is -0.237 e. The molecule has 0 N–H and O–H groups in total. The Morgan fingerprint density at radius 1 is 0.680 bits per heavy atom. The maximum absolute atomic E-state index is 2.38. The fraction of sp³-hybridized carbons (Fsp3) is 0.870. The second kappa shape index (κ2) is 15.5. The van der Waals surface area contributed by atoms with Gasteiger partial charge in [-0.1, -0.05) is 96.8 Å². The molecule has 0 amide bonds. The standard InChI is InChI=1S/C23H45N2/c1-4-6-7-8-9-10-11-12-13-14-15-16-17-18-19-20-23-24(3)21-22-25(23)5-2/h21-22H,4-20H2,1-3H3/q+1. The van der Waals surface area contributed by atoms with Crippen LogP contribution < -0.4 is 4.57 Å². The van der Waals surface area contributed by atoms with Crippen molar-refractivity contribution in [3.8, 4) is 0 Å². The van der Waals surface area contributed by atoms with Gasteiger partial charge in [-0.05, 0) is 13.3 Å². The second-order valence-electron chi connectivity index (χ2n) is 7.81. The third kappa shape index (κ3) is 10.7. The van der Waals surface area contributed by atoms with Crippen LogP contribution in [-0.4, -0.2) is 4.57 Å². The van der Waals surface area contributed by atoms with E-state index in [4.69, 9.17) is 0 Å². The smallest absolute Gasteiger partial charge is 0.237 e. The van der Waals surface area contributed by atoms with Gasteiger partial charge in [-0.15, -0.1) is 0 Å². The molecule has 0 atom stereocenters. The molecule has 0 aromatic carbocycles. The van der Waals surface area contributed by atoms with Gasteiger partial charge in [0.1, 0.15) is 12.4 Å². The molecule has 2 heteroatoms.